The van der Waals surface area contributed by atoms with Crippen molar-refractivity contribution < 1.29 is 0 Å². The van der Waals surface area contributed by atoms with Gasteiger partial charge in [-0.2, -0.15) is 0 Å². The molecular weight excluding hydrogens is 306 g/mol. The second-order valence-corrected chi connectivity index (χ2v) is 7.11. The Balaban J connectivity index is 1.45. The third-order valence-corrected chi connectivity index (χ3v) is 5.21. The highest BCUT2D eigenvalue weighted by Crippen LogP contribution is 2.28. The molecule has 0 amide bonds. The van der Waals surface area contributed by atoms with Crippen LogP contribution in [0.5, 0.6) is 0 Å². The van der Waals surface area contributed by atoms with Crippen molar-refractivity contribution in [2.24, 2.45) is 10.9 Å². The maximum absolute atomic E-state index is 4.65. The van der Waals surface area contributed by atoms with Crippen LogP contribution in [0.3, 0.4) is 0 Å². The number of aromatic nitrogens is 2. The van der Waals surface area contributed by atoms with Crippen molar-refractivity contribution in [3.8, 4) is 0 Å². The summed E-state index contributed by atoms with van der Waals surface area (Å²) in [4.78, 5) is 10.3. The fourth-order valence-corrected chi connectivity index (χ4v) is 3.97. The van der Waals surface area contributed by atoms with E-state index in [9.17, 15) is 0 Å². The second kappa shape index (κ2) is 8.34. The number of aliphatic imine (C=N–C) groups is 1. The van der Waals surface area contributed by atoms with Crippen LogP contribution >= 0.6 is 11.3 Å². The van der Waals surface area contributed by atoms with Crippen LogP contribution in [0.15, 0.2) is 22.8 Å². The van der Waals surface area contributed by atoms with Gasteiger partial charge in [-0.15, -0.1) is 11.3 Å². The van der Waals surface area contributed by atoms with Crippen LogP contribution < -0.4 is 10.6 Å². The zero-order valence-electron chi connectivity index (χ0n) is 13.9. The van der Waals surface area contributed by atoms with E-state index in [1.165, 1.54) is 38.5 Å². The molecule has 2 N–H and O–H groups in total. The predicted molar refractivity (Wildman–Crippen MR) is 97.1 cm³/mol. The highest BCUT2D eigenvalue weighted by atomic mass is 32.1. The summed E-state index contributed by atoms with van der Waals surface area (Å²) in [5.41, 5.74) is 1.01. The molecule has 1 aliphatic rings. The summed E-state index contributed by atoms with van der Waals surface area (Å²) in [5, 5.41) is 8.81. The topological polar surface area (TPSA) is 53.7 Å². The molecule has 23 heavy (non-hydrogen) atoms. The smallest absolute Gasteiger partial charge is 0.193 e. The molecule has 2 aromatic rings. The molecule has 3 rings (SSSR count). The van der Waals surface area contributed by atoms with Gasteiger partial charge in [0.2, 0.25) is 0 Å². The van der Waals surface area contributed by atoms with Gasteiger partial charge in [0.1, 0.15) is 0 Å². The maximum atomic E-state index is 4.65. The van der Waals surface area contributed by atoms with E-state index in [-0.39, 0.29) is 0 Å². The lowest BCUT2D eigenvalue weighted by Gasteiger charge is -2.12. The number of imidazole rings is 1. The Morgan fingerprint density at radius 1 is 1.39 bits per heavy atom. The summed E-state index contributed by atoms with van der Waals surface area (Å²) in [6, 6.07) is 0. The first-order chi connectivity index (χ1) is 11.3. The van der Waals surface area contributed by atoms with E-state index in [0.29, 0.717) is 6.54 Å². The number of fused-ring (bicyclic) bond motifs is 1. The van der Waals surface area contributed by atoms with Crippen LogP contribution in [-0.2, 0) is 6.54 Å². The monoisotopic (exact) mass is 333 g/mol. The van der Waals surface area contributed by atoms with Crippen molar-refractivity contribution in [2.45, 2.75) is 52.0 Å². The van der Waals surface area contributed by atoms with Crippen molar-refractivity contribution in [2.75, 3.05) is 13.1 Å². The lowest BCUT2D eigenvalue weighted by atomic mass is 10.0. The van der Waals surface area contributed by atoms with Crippen molar-refractivity contribution in [3.63, 3.8) is 0 Å². The Morgan fingerprint density at radius 2 is 2.26 bits per heavy atom. The third-order valence-electron chi connectivity index (χ3n) is 4.44. The maximum Gasteiger partial charge on any atom is 0.193 e. The fraction of sp³-hybridized carbons (Fsp3) is 0.647. The molecule has 126 valence electrons. The van der Waals surface area contributed by atoms with Gasteiger partial charge in [-0.1, -0.05) is 25.7 Å². The van der Waals surface area contributed by atoms with Crippen molar-refractivity contribution in [1.82, 2.24) is 20.0 Å². The number of nitrogens with one attached hydrogen (secondary N) is 2. The van der Waals surface area contributed by atoms with Crippen LogP contribution in [0.2, 0.25) is 0 Å². The number of rotatable bonds is 7. The van der Waals surface area contributed by atoms with Gasteiger partial charge in [0.25, 0.3) is 0 Å². The minimum absolute atomic E-state index is 0.617. The quantitative estimate of drug-likeness (QED) is 0.464. The van der Waals surface area contributed by atoms with E-state index in [4.69, 9.17) is 0 Å². The van der Waals surface area contributed by atoms with E-state index in [1.807, 2.05) is 11.6 Å². The van der Waals surface area contributed by atoms with Gasteiger partial charge in [-0.05, 0) is 25.7 Å². The largest absolute Gasteiger partial charge is 0.357 e. The molecule has 0 aromatic carbocycles. The van der Waals surface area contributed by atoms with Gasteiger partial charge in [-0.25, -0.2) is 9.98 Å². The molecule has 1 aliphatic carbocycles. The molecular formula is C17H27N5S. The Labute approximate surface area is 142 Å². The number of guanidine groups is 1. The van der Waals surface area contributed by atoms with Gasteiger partial charge >= 0.3 is 0 Å². The highest BCUT2D eigenvalue weighted by Gasteiger charge is 2.14. The summed E-state index contributed by atoms with van der Waals surface area (Å²) < 4.78 is 2.05. The molecule has 5 nitrogen and oxygen atoms in total. The van der Waals surface area contributed by atoms with E-state index >= 15 is 0 Å². The Hall–Kier alpha value is -1.56. The van der Waals surface area contributed by atoms with Crippen LogP contribution in [0.4, 0.5) is 0 Å². The van der Waals surface area contributed by atoms with E-state index < -0.39 is 0 Å². The number of nitrogens with zero attached hydrogens (tertiary/aromatic N) is 3. The standard InChI is InChI=1S/C17H27N5S/c1-2-18-16(19-9-5-8-14-6-3-4-7-14)20-12-15-13-22-10-11-23-17(22)21-15/h10-11,13-14H,2-9,12H2,1H3,(H2,18,19,20). The normalized spacial score (nSPS) is 16.3. The third kappa shape index (κ3) is 4.70. The molecule has 0 atom stereocenters. The Kier molecular flexibility index (Phi) is 5.91. The van der Waals surface area contributed by atoms with Crippen LogP contribution in [0.1, 0.15) is 51.1 Å². The first kappa shape index (κ1) is 16.3. The molecule has 0 bridgehead atoms. The van der Waals surface area contributed by atoms with Gasteiger partial charge in [0.05, 0.1) is 12.2 Å². The van der Waals surface area contributed by atoms with E-state index in [2.05, 4.69) is 38.1 Å². The molecule has 0 spiro atoms. The molecule has 0 aliphatic heterocycles. The average molecular weight is 334 g/mol. The minimum Gasteiger partial charge on any atom is -0.357 e. The Morgan fingerprint density at radius 3 is 3.04 bits per heavy atom. The lowest BCUT2D eigenvalue weighted by molar-refractivity contribution is 0.481. The number of hydrogen-bond donors (Lipinski definition) is 2. The van der Waals surface area contributed by atoms with Gasteiger partial charge in [0.15, 0.2) is 10.9 Å². The highest BCUT2D eigenvalue weighted by molar-refractivity contribution is 7.15. The predicted octanol–water partition coefficient (Wildman–Crippen LogP) is 3.42. The fourth-order valence-electron chi connectivity index (χ4n) is 3.25. The molecule has 1 fully saturated rings. The molecule has 0 radical (unpaired) electrons. The summed E-state index contributed by atoms with van der Waals surface area (Å²) in [5.74, 6) is 1.87. The molecule has 2 heterocycles. The SMILES string of the molecule is CCNC(=NCc1cn2ccsc2n1)NCCCC1CCCC1. The second-order valence-electron chi connectivity index (χ2n) is 6.24. The minimum atomic E-state index is 0.617. The van der Waals surface area contributed by atoms with E-state index in [1.54, 1.807) is 11.3 Å². The summed E-state index contributed by atoms with van der Waals surface area (Å²) >= 11 is 1.65. The van der Waals surface area contributed by atoms with Crippen LogP contribution in [0, 0.1) is 5.92 Å². The first-order valence-electron chi connectivity index (χ1n) is 8.78. The summed E-state index contributed by atoms with van der Waals surface area (Å²) in [7, 11) is 0. The van der Waals surface area contributed by atoms with Crippen molar-refractivity contribution in [1.29, 1.82) is 0 Å². The molecule has 2 aromatic heterocycles. The van der Waals surface area contributed by atoms with Gasteiger partial charge in [0, 0.05) is 30.9 Å². The molecule has 0 unspecified atom stereocenters. The van der Waals surface area contributed by atoms with Crippen molar-refractivity contribution in [3.05, 3.63) is 23.5 Å². The lowest BCUT2D eigenvalue weighted by Crippen LogP contribution is -2.37. The summed E-state index contributed by atoms with van der Waals surface area (Å²) in [6.07, 6.45) is 12.4. The van der Waals surface area contributed by atoms with Gasteiger partial charge in [-0.3, -0.25) is 4.40 Å². The molecule has 6 heteroatoms. The molecule has 0 saturated heterocycles. The molecule has 1 saturated carbocycles. The zero-order chi connectivity index (χ0) is 15.9. The average Bonchev–Trinajstić information content (AvgIpc) is 3.25. The number of hydrogen-bond acceptors (Lipinski definition) is 3. The van der Waals surface area contributed by atoms with Crippen LogP contribution in [-0.4, -0.2) is 28.4 Å². The summed E-state index contributed by atoms with van der Waals surface area (Å²) in [6.45, 7) is 4.60. The van der Waals surface area contributed by atoms with E-state index in [0.717, 1.165) is 35.6 Å². The van der Waals surface area contributed by atoms with Crippen LogP contribution in [0.25, 0.3) is 4.96 Å². The zero-order valence-corrected chi connectivity index (χ0v) is 14.7. The Bertz CT molecular complexity index is 595. The van der Waals surface area contributed by atoms with Gasteiger partial charge < -0.3 is 10.6 Å². The number of thiazole rings is 1. The van der Waals surface area contributed by atoms with Crippen molar-refractivity contribution >= 4 is 22.3 Å². The first-order valence-corrected chi connectivity index (χ1v) is 9.66.